The highest BCUT2D eigenvalue weighted by atomic mass is 19.4. The summed E-state index contributed by atoms with van der Waals surface area (Å²) in [7, 11) is 0. The maximum absolute atomic E-state index is 11.8. The molecular weight excluding hydrogens is 263 g/mol. The van der Waals surface area contributed by atoms with Crippen LogP contribution in [0.4, 0.5) is 13.2 Å². The predicted molar refractivity (Wildman–Crippen MR) is 59.0 cm³/mol. The molecule has 0 unspecified atom stereocenters. The molecule has 0 saturated carbocycles. The van der Waals surface area contributed by atoms with Crippen molar-refractivity contribution in [3.05, 3.63) is 36.2 Å². The number of amides is 1. The Balaban J connectivity index is 2.05. The molecule has 5 nitrogen and oxygen atoms in total. The minimum atomic E-state index is -4.51. The average Bonchev–Trinajstić information content (AvgIpc) is 2.36. The van der Waals surface area contributed by atoms with Gasteiger partial charge in [0, 0.05) is 0 Å². The Kier molecular flexibility index (Phi) is 3.61. The summed E-state index contributed by atoms with van der Waals surface area (Å²) >= 11 is 0. The second kappa shape index (κ2) is 5.19. The van der Waals surface area contributed by atoms with Crippen molar-refractivity contribution in [3.8, 4) is 0 Å². The first-order chi connectivity index (χ1) is 8.96. The van der Waals surface area contributed by atoms with Crippen molar-refractivity contribution in [3.63, 3.8) is 0 Å². The fourth-order valence-electron chi connectivity index (χ4n) is 1.30. The molecule has 0 radical (unpaired) electrons. The summed E-state index contributed by atoms with van der Waals surface area (Å²) in [4.78, 5) is 23.4. The third kappa shape index (κ3) is 3.62. The van der Waals surface area contributed by atoms with E-state index >= 15 is 0 Å². The van der Waals surface area contributed by atoms with Gasteiger partial charge in [-0.05, 0) is 12.1 Å². The standard InChI is InChI=1S/C11H8F3N3O2/c12-11(13,14)6-19-17-10(18)9-5-15-7-3-1-2-4-8(7)16-9/h1-5H,6H2,(H,17,18). The van der Waals surface area contributed by atoms with Gasteiger partial charge in [0.25, 0.3) is 5.91 Å². The van der Waals surface area contributed by atoms with E-state index < -0.39 is 18.7 Å². The second-order valence-corrected chi connectivity index (χ2v) is 3.58. The first-order valence-corrected chi connectivity index (χ1v) is 5.16. The van der Waals surface area contributed by atoms with Gasteiger partial charge in [0.05, 0.1) is 17.2 Å². The molecule has 0 aliphatic heterocycles. The van der Waals surface area contributed by atoms with Crippen molar-refractivity contribution in [1.82, 2.24) is 15.4 Å². The number of alkyl halides is 3. The fourth-order valence-corrected chi connectivity index (χ4v) is 1.30. The van der Waals surface area contributed by atoms with E-state index in [2.05, 4.69) is 14.8 Å². The quantitative estimate of drug-likeness (QED) is 0.865. The number of hydrogen-bond donors (Lipinski definition) is 1. The van der Waals surface area contributed by atoms with Crippen LogP contribution in [0.3, 0.4) is 0 Å². The minimum Gasteiger partial charge on any atom is -0.265 e. The number of carbonyl (C=O) groups excluding carboxylic acids is 1. The van der Waals surface area contributed by atoms with E-state index in [0.717, 1.165) is 6.20 Å². The molecule has 2 aromatic rings. The Labute approximate surface area is 105 Å². The molecule has 1 heterocycles. The van der Waals surface area contributed by atoms with Crippen molar-refractivity contribution >= 4 is 16.9 Å². The molecular formula is C11H8F3N3O2. The van der Waals surface area contributed by atoms with Crippen LogP contribution in [-0.2, 0) is 4.84 Å². The van der Waals surface area contributed by atoms with Gasteiger partial charge in [0.2, 0.25) is 0 Å². The summed E-state index contributed by atoms with van der Waals surface area (Å²) in [6.45, 7) is -1.57. The van der Waals surface area contributed by atoms with Gasteiger partial charge in [-0.15, -0.1) is 0 Å². The van der Waals surface area contributed by atoms with Gasteiger partial charge in [-0.3, -0.25) is 14.6 Å². The van der Waals surface area contributed by atoms with Gasteiger partial charge in [-0.2, -0.15) is 13.2 Å². The smallest absolute Gasteiger partial charge is 0.265 e. The summed E-state index contributed by atoms with van der Waals surface area (Å²) in [6, 6.07) is 6.79. The van der Waals surface area contributed by atoms with Crippen LogP contribution >= 0.6 is 0 Å². The highest BCUT2D eigenvalue weighted by Gasteiger charge is 2.28. The van der Waals surface area contributed by atoms with Crippen LogP contribution in [0.15, 0.2) is 30.5 Å². The van der Waals surface area contributed by atoms with E-state index in [-0.39, 0.29) is 5.69 Å². The number of rotatable bonds is 3. The highest BCUT2D eigenvalue weighted by Crippen LogP contribution is 2.13. The van der Waals surface area contributed by atoms with Crippen molar-refractivity contribution in [2.24, 2.45) is 0 Å². The van der Waals surface area contributed by atoms with Crippen LogP contribution < -0.4 is 5.48 Å². The molecule has 1 aromatic carbocycles. The molecule has 0 bridgehead atoms. The van der Waals surface area contributed by atoms with Gasteiger partial charge >= 0.3 is 6.18 Å². The normalized spacial score (nSPS) is 11.5. The zero-order valence-corrected chi connectivity index (χ0v) is 9.44. The van der Waals surface area contributed by atoms with Crippen LogP contribution in [0.25, 0.3) is 11.0 Å². The maximum Gasteiger partial charge on any atom is 0.414 e. The second-order valence-electron chi connectivity index (χ2n) is 3.58. The molecule has 0 saturated heterocycles. The van der Waals surface area contributed by atoms with Crippen molar-refractivity contribution in [1.29, 1.82) is 0 Å². The zero-order valence-electron chi connectivity index (χ0n) is 9.44. The largest absolute Gasteiger partial charge is 0.414 e. The third-order valence-electron chi connectivity index (χ3n) is 2.08. The van der Waals surface area contributed by atoms with E-state index in [4.69, 9.17) is 0 Å². The molecule has 1 N–H and O–H groups in total. The SMILES string of the molecule is O=C(NOCC(F)(F)F)c1cnc2ccccc2n1. The molecule has 0 atom stereocenters. The molecule has 1 aromatic heterocycles. The summed E-state index contributed by atoms with van der Waals surface area (Å²) in [5, 5.41) is 0. The number of benzene rings is 1. The summed E-state index contributed by atoms with van der Waals surface area (Å²) in [5.74, 6) is -0.887. The maximum atomic E-state index is 11.8. The van der Waals surface area contributed by atoms with E-state index in [0.29, 0.717) is 11.0 Å². The molecule has 0 aliphatic rings. The molecule has 0 fully saturated rings. The minimum absolute atomic E-state index is 0.124. The van der Waals surface area contributed by atoms with Gasteiger partial charge in [0.15, 0.2) is 6.61 Å². The van der Waals surface area contributed by atoms with Gasteiger partial charge in [0.1, 0.15) is 5.69 Å². The zero-order chi connectivity index (χ0) is 13.9. The van der Waals surface area contributed by atoms with E-state index in [1.807, 2.05) is 0 Å². The molecule has 100 valence electrons. The van der Waals surface area contributed by atoms with Crippen LogP contribution in [0, 0.1) is 0 Å². The van der Waals surface area contributed by atoms with Crippen molar-refractivity contribution < 1.29 is 22.8 Å². The topological polar surface area (TPSA) is 64.1 Å². The molecule has 0 spiro atoms. The number of para-hydroxylation sites is 2. The number of hydrogen-bond acceptors (Lipinski definition) is 4. The Morgan fingerprint density at radius 1 is 1.26 bits per heavy atom. The van der Waals surface area contributed by atoms with Crippen molar-refractivity contribution in [2.75, 3.05) is 6.61 Å². The van der Waals surface area contributed by atoms with Crippen LogP contribution in [-0.4, -0.2) is 28.7 Å². The highest BCUT2D eigenvalue weighted by molar-refractivity contribution is 5.93. The van der Waals surface area contributed by atoms with E-state index in [1.54, 1.807) is 29.7 Å². The third-order valence-corrected chi connectivity index (χ3v) is 2.08. The summed E-state index contributed by atoms with van der Waals surface area (Å²) in [5.41, 5.74) is 2.58. The van der Waals surface area contributed by atoms with Gasteiger partial charge in [-0.25, -0.2) is 10.5 Å². The molecule has 1 amide bonds. The van der Waals surface area contributed by atoms with Gasteiger partial charge in [-0.1, -0.05) is 12.1 Å². The van der Waals surface area contributed by atoms with Crippen LogP contribution in [0.2, 0.25) is 0 Å². The number of hydroxylamine groups is 1. The number of nitrogens with one attached hydrogen (secondary N) is 1. The lowest BCUT2D eigenvalue weighted by atomic mass is 10.3. The Hall–Kier alpha value is -2.22. The van der Waals surface area contributed by atoms with Crippen LogP contribution in [0.1, 0.15) is 10.5 Å². The first-order valence-electron chi connectivity index (χ1n) is 5.16. The predicted octanol–water partition coefficient (Wildman–Crippen LogP) is 1.85. The van der Waals surface area contributed by atoms with Crippen molar-refractivity contribution in [2.45, 2.75) is 6.18 Å². The summed E-state index contributed by atoms with van der Waals surface area (Å²) in [6.07, 6.45) is -3.35. The molecule has 19 heavy (non-hydrogen) atoms. The average molecular weight is 271 g/mol. The number of carbonyl (C=O) groups is 1. The molecule has 2 rings (SSSR count). The van der Waals surface area contributed by atoms with Crippen LogP contribution in [0.5, 0.6) is 0 Å². The molecule has 0 aliphatic carbocycles. The Morgan fingerprint density at radius 3 is 2.63 bits per heavy atom. The number of aromatic nitrogens is 2. The summed E-state index contributed by atoms with van der Waals surface area (Å²) < 4.78 is 35.4. The Morgan fingerprint density at radius 2 is 1.95 bits per heavy atom. The van der Waals surface area contributed by atoms with Gasteiger partial charge < -0.3 is 0 Å². The lowest BCUT2D eigenvalue weighted by Crippen LogP contribution is -2.30. The Bertz CT molecular complexity index is 601. The van der Waals surface area contributed by atoms with E-state index in [9.17, 15) is 18.0 Å². The lowest BCUT2D eigenvalue weighted by Gasteiger charge is -2.08. The first kappa shape index (κ1) is 13.2. The lowest BCUT2D eigenvalue weighted by molar-refractivity contribution is -0.184. The van der Waals surface area contributed by atoms with E-state index in [1.165, 1.54) is 0 Å². The number of halogens is 3. The number of fused-ring (bicyclic) bond motifs is 1. The number of nitrogens with zero attached hydrogens (tertiary/aromatic N) is 2. The fraction of sp³-hybridized carbons (Fsp3) is 0.182. The molecule has 8 heteroatoms. The monoisotopic (exact) mass is 271 g/mol.